The van der Waals surface area contributed by atoms with E-state index in [1.54, 1.807) is 4.68 Å². The van der Waals surface area contributed by atoms with Gasteiger partial charge in [0.25, 0.3) is 0 Å². The highest BCUT2D eigenvalue weighted by Crippen LogP contribution is 2.34. The Morgan fingerprint density at radius 3 is 2.17 bits per heavy atom. The zero-order valence-corrected chi connectivity index (χ0v) is 20.9. The molecule has 7 heteroatoms. The molecule has 0 aliphatic carbocycles. The second kappa shape index (κ2) is 10.9. The van der Waals surface area contributed by atoms with Crippen molar-refractivity contribution in [1.29, 1.82) is 0 Å². The summed E-state index contributed by atoms with van der Waals surface area (Å²) in [6.45, 7) is 1.95. The number of hydrogen-bond acceptors (Lipinski definition) is 3. The van der Waals surface area contributed by atoms with Crippen LogP contribution >= 0.6 is 11.6 Å². The number of nitrogen functional groups attached to an aromatic ring is 1. The number of piperidine rings is 1. The van der Waals surface area contributed by atoms with Gasteiger partial charge in [-0.2, -0.15) is 5.10 Å². The summed E-state index contributed by atoms with van der Waals surface area (Å²) in [5.41, 5.74) is 11.0. The summed E-state index contributed by atoms with van der Waals surface area (Å²) in [5.74, 6) is 1.01. The number of anilines is 2. The Morgan fingerprint density at radius 2 is 1.53 bits per heavy atom. The van der Waals surface area contributed by atoms with Crippen LogP contribution in [0.1, 0.15) is 24.0 Å². The first-order chi connectivity index (χ1) is 17.6. The van der Waals surface area contributed by atoms with Gasteiger partial charge in [0.2, 0.25) is 0 Å². The van der Waals surface area contributed by atoms with Crippen molar-refractivity contribution >= 4 is 29.1 Å². The standard InChI is InChI=1S/C29H30ClN5O/c30-25-13-11-24(12-14-25)26-27(28(31)35(33-26)20-23-9-5-2-6-10-23)32-29(36)34-17-15-22(16-18-34)19-21-7-3-1-4-8-21/h1-14,22H,15-20,31H2,(H,32,36). The van der Waals surface area contributed by atoms with Crippen LogP contribution in [0.25, 0.3) is 11.3 Å². The number of nitrogens with zero attached hydrogens (tertiary/aromatic N) is 3. The predicted molar refractivity (Wildman–Crippen MR) is 146 cm³/mol. The summed E-state index contributed by atoms with van der Waals surface area (Å²) in [7, 11) is 0. The van der Waals surface area contributed by atoms with Gasteiger partial charge < -0.3 is 16.0 Å². The van der Waals surface area contributed by atoms with Gasteiger partial charge in [0.1, 0.15) is 17.2 Å². The van der Waals surface area contributed by atoms with E-state index in [4.69, 9.17) is 22.4 Å². The van der Waals surface area contributed by atoms with Crippen LogP contribution in [0.15, 0.2) is 84.9 Å². The number of amides is 2. The van der Waals surface area contributed by atoms with E-state index in [0.29, 0.717) is 34.7 Å². The maximum absolute atomic E-state index is 13.3. The number of nitrogens with one attached hydrogen (secondary N) is 1. The Bertz CT molecular complexity index is 1300. The molecule has 3 aromatic carbocycles. The lowest BCUT2D eigenvalue weighted by molar-refractivity contribution is 0.182. The third-order valence-corrected chi connectivity index (χ3v) is 7.04. The third kappa shape index (κ3) is 5.55. The Balaban J connectivity index is 1.32. The molecular weight excluding hydrogens is 470 g/mol. The monoisotopic (exact) mass is 499 g/mol. The van der Waals surface area contributed by atoms with Gasteiger partial charge in [-0.15, -0.1) is 0 Å². The number of carbonyl (C=O) groups is 1. The van der Waals surface area contributed by atoms with Gasteiger partial charge in [0.15, 0.2) is 0 Å². The number of nitrogens with two attached hydrogens (primary N) is 1. The quantitative estimate of drug-likeness (QED) is 0.326. The Labute approximate surface area is 216 Å². The number of rotatable bonds is 6. The molecule has 184 valence electrons. The van der Waals surface area contributed by atoms with Crippen molar-refractivity contribution in [3.05, 3.63) is 101 Å². The molecule has 1 fully saturated rings. The second-order valence-corrected chi connectivity index (χ2v) is 9.75. The molecule has 0 unspecified atom stereocenters. The fraction of sp³-hybridized carbons (Fsp3) is 0.241. The molecule has 36 heavy (non-hydrogen) atoms. The third-order valence-electron chi connectivity index (χ3n) is 6.79. The molecule has 0 atom stereocenters. The number of carbonyl (C=O) groups excluding carboxylic acids is 1. The molecular formula is C29H30ClN5O. The molecule has 3 N–H and O–H groups in total. The molecule has 5 rings (SSSR count). The summed E-state index contributed by atoms with van der Waals surface area (Å²) < 4.78 is 1.74. The fourth-order valence-electron chi connectivity index (χ4n) is 4.76. The van der Waals surface area contributed by atoms with Gasteiger partial charge in [-0.1, -0.05) is 84.4 Å². The lowest BCUT2D eigenvalue weighted by Gasteiger charge is -2.32. The Kier molecular flexibility index (Phi) is 7.23. The molecule has 2 heterocycles. The molecule has 6 nitrogen and oxygen atoms in total. The minimum absolute atomic E-state index is 0.144. The van der Waals surface area contributed by atoms with Crippen molar-refractivity contribution < 1.29 is 4.79 Å². The first-order valence-corrected chi connectivity index (χ1v) is 12.7. The highest BCUT2D eigenvalue weighted by Gasteiger charge is 2.26. The van der Waals surface area contributed by atoms with Crippen LogP contribution in [0.4, 0.5) is 16.3 Å². The highest BCUT2D eigenvalue weighted by atomic mass is 35.5. The van der Waals surface area contributed by atoms with Gasteiger partial charge in [0, 0.05) is 23.7 Å². The highest BCUT2D eigenvalue weighted by molar-refractivity contribution is 6.30. The van der Waals surface area contributed by atoms with Crippen molar-refractivity contribution in [2.75, 3.05) is 24.1 Å². The van der Waals surface area contributed by atoms with Crippen LogP contribution in [0.5, 0.6) is 0 Å². The minimum Gasteiger partial charge on any atom is -0.382 e. The van der Waals surface area contributed by atoms with Crippen LogP contribution in [0.3, 0.4) is 0 Å². The van der Waals surface area contributed by atoms with Crippen molar-refractivity contribution in [2.24, 2.45) is 5.92 Å². The topological polar surface area (TPSA) is 76.2 Å². The average molecular weight is 500 g/mol. The normalized spacial score (nSPS) is 14.1. The lowest BCUT2D eigenvalue weighted by Crippen LogP contribution is -2.41. The molecule has 1 saturated heterocycles. The Morgan fingerprint density at radius 1 is 0.917 bits per heavy atom. The zero-order chi connectivity index (χ0) is 24.9. The lowest BCUT2D eigenvalue weighted by atomic mass is 9.90. The van der Waals surface area contributed by atoms with Gasteiger partial charge >= 0.3 is 6.03 Å². The molecule has 0 saturated carbocycles. The molecule has 2 amide bonds. The number of benzene rings is 3. The minimum atomic E-state index is -0.144. The number of aromatic nitrogens is 2. The van der Waals surface area contributed by atoms with Crippen LogP contribution < -0.4 is 11.1 Å². The van der Waals surface area contributed by atoms with Crippen molar-refractivity contribution in [3.8, 4) is 11.3 Å². The van der Waals surface area contributed by atoms with E-state index in [9.17, 15) is 4.79 Å². The largest absolute Gasteiger partial charge is 0.382 e. The number of halogens is 1. The van der Waals surface area contributed by atoms with Gasteiger partial charge in [-0.05, 0) is 48.4 Å². The first-order valence-electron chi connectivity index (χ1n) is 12.3. The summed E-state index contributed by atoms with van der Waals surface area (Å²) in [6.07, 6.45) is 3.01. The SMILES string of the molecule is Nc1c(NC(=O)N2CCC(Cc3ccccc3)CC2)c(-c2ccc(Cl)cc2)nn1Cc1ccccc1. The van der Waals surface area contributed by atoms with Crippen LogP contribution in [0.2, 0.25) is 5.02 Å². The predicted octanol–water partition coefficient (Wildman–Crippen LogP) is 6.32. The second-order valence-electron chi connectivity index (χ2n) is 9.31. The smallest absolute Gasteiger partial charge is 0.322 e. The maximum atomic E-state index is 13.3. The fourth-order valence-corrected chi connectivity index (χ4v) is 4.88. The van der Waals surface area contributed by atoms with Crippen LogP contribution in [0, 0.1) is 5.92 Å². The van der Waals surface area contributed by atoms with Crippen molar-refractivity contribution in [1.82, 2.24) is 14.7 Å². The number of likely N-dealkylation sites (tertiary alicyclic amines) is 1. The molecule has 0 spiro atoms. The van der Waals surface area contributed by atoms with Crippen LogP contribution in [-0.4, -0.2) is 33.8 Å². The van der Waals surface area contributed by atoms with Gasteiger partial charge in [-0.25, -0.2) is 9.48 Å². The maximum Gasteiger partial charge on any atom is 0.322 e. The Hall–Kier alpha value is -3.77. The van der Waals surface area contributed by atoms with Crippen LogP contribution in [-0.2, 0) is 13.0 Å². The molecule has 1 aromatic heterocycles. The summed E-state index contributed by atoms with van der Waals surface area (Å²) >= 11 is 6.10. The van der Waals surface area contributed by atoms with Gasteiger partial charge in [0.05, 0.1) is 6.54 Å². The molecule has 0 bridgehead atoms. The first kappa shape index (κ1) is 23.9. The summed E-state index contributed by atoms with van der Waals surface area (Å²) in [6, 6.07) is 27.8. The van der Waals surface area contributed by atoms with E-state index in [2.05, 4.69) is 29.6 Å². The number of urea groups is 1. The summed E-state index contributed by atoms with van der Waals surface area (Å²) in [4.78, 5) is 15.2. The van der Waals surface area contributed by atoms with E-state index in [1.807, 2.05) is 65.6 Å². The van der Waals surface area contributed by atoms with E-state index in [0.717, 1.165) is 43.5 Å². The van der Waals surface area contributed by atoms with Crippen molar-refractivity contribution in [3.63, 3.8) is 0 Å². The summed E-state index contributed by atoms with van der Waals surface area (Å²) in [5, 5.41) is 8.49. The number of hydrogen-bond donors (Lipinski definition) is 2. The van der Waals surface area contributed by atoms with Gasteiger partial charge in [-0.3, -0.25) is 0 Å². The molecule has 0 radical (unpaired) electrons. The molecule has 1 aliphatic rings. The molecule has 4 aromatic rings. The van der Waals surface area contributed by atoms with E-state index in [-0.39, 0.29) is 6.03 Å². The average Bonchev–Trinajstić information content (AvgIpc) is 3.20. The van der Waals surface area contributed by atoms with Crippen molar-refractivity contribution in [2.45, 2.75) is 25.8 Å². The van der Waals surface area contributed by atoms with E-state index >= 15 is 0 Å². The van der Waals surface area contributed by atoms with E-state index < -0.39 is 0 Å². The molecule has 1 aliphatic heterocycles. The zero-order valence-electron chi connectivity index (χ0n) is 20.1. The van der Waals surface area contributed by atoms with E-state index in [1.165, 1.54) is 5.56 Å².